The van der Waals surface area contributed by atoms with E-state index in [1.807, 2.05) is 64.4 Å². The Hall–Kier alpha value is -2.82. The third-order valence-corrected chi connectivity index (χ3v) is 7.47. The average Bonchev–Trinajstić information content (AvgIpc) is 3.54. The van der Waals surface area contributed by atoms with E-state index in [0.29, 0.717) is 39.3 Å². The van der Waals surface area contributed by atoms with Crippen LogP contribution >= 0.6 is 11.3 Å². The Bertz CT molecular complexity index is 1080. The van der Waals surface area contributed by atoms with Gasteiger partial charge < -0.3 is 25.0 Å². The van der Waals surface area contributed by atoms with Crippen molar-refractivity contribution in [2.75, 3.05) is 33.0 Å². The number of rotatable bonds is 12. The molecule has 208 valence electrons. The molecular weight excluding hydrogens is 504 g/mol. The lowest BCUT2D eigenvalue weighted by Crippen LogP contribution is -2.58. The molecule has 0 spiro atoms. The highest BCUT2D eigenvalue weighted by Gasteiger charge is 2.41. The van der Waals surface area contributed by atoms with Crippen LogP contribution in [0, 0.1) is 12.3 Å². The summed E-state index contributed by atoms with van der Waals surface area (Å²) in [6, 6.07) is 6.71. The predicted octanol–water partition coefficient (Wildman–Crippen LogP) is 3.31. The molecule has 2 aromatic rings. The van der Waals surface area contributed by atoms with Crippen molar-refractivity contribution in [2.24, 2.45) is 5.41 Å². The lowest BCUT2D eigenvalue weighted by atomic mass is 9.85. The van der Waals surface area contributed by atoms with Gasteiger partial charge in [0.1, 0.15) is 18.7 Å². The highest BCUT2D eigenvalue weighted by molar-refractivity contribution is 7.13. The third-order valence-electron chi connectivity index (χ3n) is 6.49. The van der Waals surface area contributed by atoms with Crippen molar-refractivity contribution >= 4 is 29.1 Å². The second-order valence-corrected chi connectivity index (χ2v) is 11.3. The van der Waals surface area contributed by atoms with Gasteiger partial charge in [-0.2, -0.15) is 0 Å². The van der Waals surface area contributed by atoms with Crippen LogP contribution in [0.25, 0.3) is 10.4 Å². The maximum Gasteiger partial charge on any atom is 0.246 e. The first kappa shape index (κ1) is 29.7. The van der Waals surface area contributed by atoms with Crippen molar-refractivity contribution in [3.63, 3.8) is 0 Å². The predicted molar refractivity (Wildman–Crippen MR) is 148 cm³/mol. The summed E-state index contributed by atoms with van der Waals surface area (Å²) in [6.07, 6.45) is 1.32. The number of carbonyl (C=O) groups excluding carboxylic acids is 3. The Morgan fingerprint density at radius 1 is 1.16 bits per heavy atom. The van der Waals surface area contributed by atoms with Gasteiger partial charge in [0.25, 0.3) is 0 Å². The van der Waals surface area contributed by atoms with Gasteiger partial charge in [0.2, 0.25) is 17.7 Å². The van der Waals surface area contributed by atoms with Crippen molar-refractivity contribution < 1.29 is 23.9 Å². The monoisotopic (exact) mass is 544 g/mol. The number of benzene rings is 1. The Morgan fingerprint density at radius 2 is 1.87 bits per heavy atom. The van der Waals surface area contributed by atoms with Gasteiger partial charge in [0.15, 0.2) is 0 Å². The molecule has 10 heteroatoms. The molecular formula is C28H40N4O5S. The molecule has 0 bridgehead atoms. The number of nitrogens with one attached hydrogen (secondary N) is 2. The zero-order valence-corrected chi connectivity index (χ0v) is 23.9. The maximum absolute atomic E-state index is 13.6. The van der Waals surface area contributed by atoms with Crippen LogP contribution < -0.4 is 10.6 Å². The number of ether oxygens (including phenoxy) is 2. The summed E-state index contributed by atoms with van der Waals surface area (Å²) in [5.41, 5.74) is 4.37. The lowest BCUT2D eigenvalue weighted by molar-refractivity contribution is -0.144. The number of amides is 3. The van der Waals surface area contributed by atoms with Gasteiger partial charge in [-0.1, -0.05) is 45.0 Å². The largest absolute Gasteiger partial charge is 0.379 e. The number of likely N-dealkylation sites (tertiary alicyclic amines) is 1. The van der Waals surface area contributed by atoms with Gasteiger partial charge in [-0.05, 0) is 43.2 Å². The van der Waals surface area contributed by atoms with Crippen LogP contribution in [0.5, 0.6) is 0 Å². The molecule has 1 aliphatic rings. The van der Waals surface area contributed by atoms with Crippen molar-refractivity contribution in [1.82, 2.24) is 20.5 Å². The topological polar surface area (TPSA) is 110 Å². The van der Waals surface area contributed by atoms with Crippen LogP contribution in [0.2, 0.25) is 0 Å². The summed E-state index contributed by atoms with van der Waals surface area (Å²) >= 11 is 1.60. The minimum absolute atomic E-state index is 0.155. The second-order valence-electron chi connectivity index (χ2n) is 10.5. The van der Waals surface area contributed by atoms with E-state index in [4.69, 9.17) is 9.47 Å². The van der Waals surface area contributed by atoms with E-state index in [1.165, 1.54) is 0 Å². The van der Waals surface area contributed by atoms with Crippen molar-refractivity contribution in [1.29, 1.82) is 0 Å². The zero-order valence-electron chi connectivity index (χ0n) is 23.0. The van der Waals surface area contributed by atoms with Crippen LogP contribution in [0.4, 0.5) is 0 Å². The summed E-state index contributed by atoms with van der Waals surface area (Å²) in [7, 11) is 0. The molecule has 2 N–H and O–H groups in total. The van der Waals surface area contributed by atoms with Gasteiger partial charge in [0.05, 0.1) is 29.3 Å². The summed E-state index contributed by atoms with van der Waals surface area (Å²) in [5.74, 6) is -0.800. The molecule has 38 heavy (non-hydrogen) atoms. The highest BCUT2D eigenvalue weighted by atomic mass is 32.1. The number of aryl methyl sites for hydroxylation is 1. The van der Waals surface area contributed by atoms with Crippen molar-refractivity contribution in [3.8, 4) is 10.4 Å². The van der Waals surface area contributed by atoms with E-state index in [-0.39, 0.29) is 24.3 Å². The smallest absolute Gasteiger partial charge is 0.246 e. The highest BCUT2D eigenvalue weighted by Crippen LogP contribution is 2.28. The first-order valence-electron chi connectivity index (χ1n) is 13.1. The Balaban J connectivity index is 1.57. The number of aromatic nitrogens is 1. The summed E-state index contributed by atoms with van der Waals surface area (Å²) in [6.45, 7) is 11.6. The fourth-order valence-corrected chi connectivity index (χ4v) is 5.22. The van der Waals surface area contributed by atoms with Crippen LogP contribution in [-0.4, -0.2) is 72.7 Å². The van der Waals surface area contributed by atoms with Crippen molar-refractivity contribution in [3.05, 3.63) is 41.0 Å². The van der Waals surface area contributed by atoms with E-state index < -0.39 is 17.5 Å². The average molecular weight is 545 g/mol. The molecule has 9 nitrogen and oxygen atoms in total. The SMILES string of the molecule is CCOCCOCC(=O)NC(C(=O)N1CCC[C@H]1C(=O)NCc1ccc(-c2scnc2C)cc1)C(C)(C)C. The molecule has 1 aromatic carbocycles. The van der Waals surface area contributed by atoms with E-state index in [0.717, 1.165) is 28.1 Å². The van der Waals surface area contributed by atoms with E-state index in [1.54, 1.807) is 16.2 Å². The third kappa shape index (κ3) is 8.09. The van der Waals surface area contributed by atoms with Crippen molar-refractivity contribution in [2.45, 2.75) is 66.1 Å². The minimum Gasteiger partial charge on any atom is -0.379 e. The first-order chi connectivity index (χ1) is 18.1. The second kappa shape index (κ2) is 13.8. The number of thiazole rings is 1. The van der Waals surface area contributed by atoms with Gasteiger partial charge >= 0.3 is 0 Å². The molecule has 3 rings (SSSR count). The number of hydrogen-bond acceptors (Lipinski definition) is 7. The quantitative estimate of drug-likeness (QED) is 0.397. The van der Waals surface area contributed by atoms with Gasteiger partial charge in [-0.15, -0.1) is 11.3 Å². The Morgan fingerprint density at radius 3 is 2.50 bits per heavy atom. The summed E-state index contributed by atoms with van der Waals surface area (Å²) < 4.78 is 10.6. The van der Waals surface area contributed by atoms with E-state index in [9.17, 15) is 14.4 Å². The molecule has 2 atom stereocenters. The number of carbonyl (C=O) groups is 3. The first-order valence-corrected chi connectivity index (χ1v) is 14.0. The van der Waals surface area contributed by atoms with E-state index in [2.05, 4.69) is 15.6 Å². The Labute approximate surface area is 229 Å². The Kier molecular flexibility index (Phi) is 10.8. The zero-order chi connectivity index (χ0) is 27.7. The molecule has 1 saturated heterocycles. The number of nitrogens with zero attached hydrogens (tertiary/aromatic N) is 2. The normalized spacial score (nSPS) is 16.3. The molecule has 1 aliphatic heterocycles. The molecule has 3 amide bonds. The maximum atomic E-state index is 13.6. The van der Waals surface area contributed by atoms with Crippen LogP contribution in [-0.2, 0) is 30.4 Å². The minimum atomic E-state index is -0.776. The van der Waals surface area contributed by atoms with Crippen LogP contribution in [0.3, 0.4) is 0 Å². The van der Waals surface area contributed by atoms with Crippen LogP contribution in [0.15, 0.2) is 29.8 Å². The van der Waals surface area contributed by atoms with Crippen LogP contribution in [0.1, 0.15) is 51.8 Å². The lowest BCUT2D eigenvalue weighted by Gasteiger charge is -2.35. The van der Waals surface area contributed by atoms with Gasteiger partial charge in [0, 0.05) is 19.7 Å². The standard InChI is InChI=1S/C28H40N4O5S/c1-6-36-14-15-37-17-23(33)31-25(28(3,4)5)27(35)32-13-7-8-22(32)26(34)29-16-20-9-11-21(12-10-20)24-19(2)30-18-38-24/h9-12,18,22,25H,6-8,13-17H2,1-5H3,(H,29,34)(H,31,33)/t22-,25?/m0/s1. The molecule has 0 aliphatic carbocycles. The molecule has 2 heterocycles. The molecule has 1 aromatic heterocycles. The summed E-state index contributed by atoms with van der Waals surface area (Å²) in [5, 5.41) is 5.82. The molecule has 0 saturated carbocycles. The fraction of sp³-hybridized carbons (Fsp3) is 0.571. The van der Waals surface area contributed by atoms with Gasteiger partial charge in [-0.25, -0.2) is 4.98 Å². The van der Waals surface area contributed by atoms with E-state index >= 15 is 0 Å². The molecule has 1 unspecified atom stereocenters. The molecule has 1 fully saturated rings. The summed E-state index contributed by atoms with van der Waals surface area (Å²) in [4.78, 5) is 46.3. The molecule has 0 radical (unpaired) electrons. The fourth-order valence-electron chi connectivity index (χ4n) is 4.41. The number of hydrogen-bond donors (Lipinski definition) is 2. The van der Waals surface area contributed by atoms with Gasteiger partial charge in [-0.3, -0.25) is 14.4 Å².